The van der Waals surface area contributed by atoms with E-state index in [9.17, 15) is 18.0 Å². The normalized spacial score (nSPS) is 11.8. The van der Waals surface area contributed by atoms with Crippen molar-refractivity contribution < 1.29 is 30.6 Å². The molecule has 1 heterocycles. The molecule has 10 heteroatoms. The number of rotatable bonds is 0. The maximum absolute atomic E-state index is 10.8. The lowest BCUT2D eigenvalue weighted by Crippen LogP contribution is -2.21. The van der Waals surface area contributed by atoms with Crippen molar-refractivity contribution in [2.75, 3.05) is 0 Å². The fourth-order valence-corrected chi connectivity index (χ4v) is 1.35. The molecule has 0 unspecified atom stereocenters. The molecule has 0 amide bonds. The molecule has 0 aliphatic heterocycles. The second kappa shape index (κ2) is 5.85. The van der Waals surface area contributed by atoms with E-state index in [-0.39, 0.29) is 5.63 Å². The highest BCUT2D eigenvalue weighted by molar-refractivity contribution is 7.86. The summed E-state index contributed by atoms with van der Waals surface area (Å²) in [6, 6.07) is 8.50. The minimum absolute atomic E-state index is 0.332. The van der Waals surface area contributed by atoms with Gasteiger partial charge in [0.15, 0.2) is 0 Å². The molecule has 0 bridgehead atoms. The number of fused-ring (bicyclic) bond motifs is 1. The van der Waals surface area contributed by atoms with Gasteiger partial charge in [0.2, 0.25) is 0 Å². The molecular weight excluding hydrogens is 321 g/mol. The van der Waals surface area contributed by atoms with Gasteiger partial charge in [0.05, 0.1) is 0 Å². The smallest absolute Gasteiger partial charge is 0.423 e. The van der Waals surface area contributed by atoms with E-state index in [1.807, 2.05) is 6.07 Å². The van der Waals surface area contributed by atoms with Crippen LogP contribution >= 0.6 is 12.6 Å². The summed E-state index contributed by atoms with van der Waals surface area (Å²) in [5.74, 6) is 0. The van der Waals surface area contributed by atoms with Crippen LogP contribution in [0, 0.1) is 0 Å². The van der Waals surface area contributed by atoms with E-state index in [1.54, 1.807) is 18.2 Å². The van der Waals surface area contributed by atoms with Crippen molar-refractivity contribution in [3.05, 3.63) is 40.8 Å². The van der Waals surface area contributed by atoms with E-state index in [0.717, 1.165) is 10.3 Å². The van der Waals surface area contributed by atoms with E-state index in [1.165, 1.54) is 6.07 Å². The minimum Gasteiger partial charge on any atom is -0.423 e. The van der Waals surface area contributed by atoms with Gasteiger partial charge in [-0.3, -0.25) is 4.55 Å². The van der Waals surface area contributed by atoms with Gasteiger partial charge in [0.1, 0.15) is 5.58 Å². The average molecular weight is 328 g/mol. The summed E-state index contributed by atoms with van der Waals surface area (Å²) in [4.78, 5) is 11.6. The Labute approximate surface area is 116 Å². The van der Waals surface area contributed by atoms with Crippen LogP contribution in [0.5, 0.6) is 0 Å². The van der Waals surface area contributed by atoms with Crippen LogP contribution in [-0.2, 0) is 10.1 Å². The van der Waals surface area contributed by atoms with E-state index in [2.05, 4.69) is 12.6 Å². The molecule has 5 nitrogen and oxygen atoms in total. The molecule has 0 saturated carbocycles. The van der Waals surface area contributed by atoms with Gasteiger partial charge < -0.3 is 4.42 Å². The molecule has 0 radical (unpaired) electrons. The van der Waals surface area contributed by atoms with Crippen molar-refractivity contribution in [3.8, 4) is 0 Å². The first-order chi connectivity index (χ1) is 9.02. The summed E-state index contributed by atoms with van der Waals surface area (Å²) in [6.07, 6.45) is 0. The van der Waals surface area contributed by atoms with Gasteiger partial charge in [-0.25, -0.2) is 4.79 Å². The summed E-state index contributed by atoms with van der Waals surface area (Å²) >= 11 is 4.22. The first-order valence-corrected chi connectivity index (χ1v) is 6.66. The molecule has 0 saturated heterocycles. The lowest BCUT2D eigenvalue weighted by molar-refractivity contribution is -0.0510. The van der Waals surface area contributed by atoms with E-state index in [0.29, 0.717) is 5.58 Å². The van der Waals surface area contributed by atoms with Crippen LogP contribution < -0.4 is 5.63 Å². The number of alkyl halides is 3. The summed E-state index contributed by atoms with van der Waals surface area (Å²) < 4.78 is 62.5. The van der Waals surface area contributed by atoms with Gasteiger partial charge >= 0.3 is 21.3 Å². The number of benzene rings is 1. The second-order valence-electron chi connectivity index (χ2n) is 3.36. The SMILES string of the molecule is O=S(=O)(O)C(F)(F)F.O=c1ccc2c(S)cccc2o1. The molecule has 1 aromatic carbocycles. The van der Waals surface area contributed by atoms with Crippen molar-refractivity contribution in [1.29, 1.82) is 0 Å². The van der Waals surface area contributed by atoms with E-state index < -0.39 is 15.6 Å². The minimum atomic E-state index is -5.84. The van der Waals surface area contributed by atoms with Crippen LogP contribution in [0.3, 0.4) is 0 Å². The third-order valence-electron chi connectivity index (χ3n) is 1.93. The maximum atomic E-state index is 10.8. The Balaban J connectivity index is 0.000000221. The zero-order chi connectivity index (χ0) is 15.6. The standard InChI is InChI=1S/C9H6O2S.CHF3O3S/c10-9-5-4-6-7(11-9)2-1-3-8(6)12;2-1(3,4)8(5,6)7/h1-5,12H;(H,5,6,7). The fourth-order valence-electron chi connectivity index (χ4n) is 1.08. The largest absolute Gasteiger partial charge is 0.522 e. The summed E-state index contributed by atoms with van der Waals surface area (Å²) in [7, 11) is -5.84. The first kappa shape index (κ1) is 16.5. The Morgan fingerprint density at radius 1 is 1.15 bits per heavy atom. The summed E-state index contributed by atoms with van der Waals surface area (Å²) in [6.45, 7) is 0. The van der Waals surface area contributed by atoms with Crippen LogP contribution in [0.2, 0.25) is 0 Å². The Morgan fingerprint density at radius 2 is 1.70 bits per heavy atom. The van der Waals surface area contributed by atoms with Gasteiger partial charge in [0.25, 0.3) is 0 Å². The molecule has 1 N–H and O–H groups in total. The molecule has 0 fully saturated rings. The zero-order valence-corrected chi connectivity index (χ0v) is 11.2. The van der Waals surface area contributed by atoms with Gasteiger partial charge in [-0.05, 0) is 18.2 Å². The van der Waals surface area contributed by atoms with Crippen molar-refractivity contribution in [2.45, 2.75) is 10.4 Å². The van der Waals surface area contributed by atoms with Crippen molar-refractivity contribution in [3.63, 3.8) is 0 Å². The highest BCUT2D eigenvalue weighted by Gasteiger charge is 2.44. The predicted octanol–water partition coefficient (Wildman–Crippen LogP) is 2.48. The molecule has 0 atom stereocenters. The van der Waals surface area contributed by atoms with Crippen LogP contribution in [0.25, 0.3) is 11.0 Å². The molecule has 110 valence electrons. The summed E-state index contributed by atoms with van der Waals surface area (Å²) in [5, 5.41) is 0.862. The Hall–Kier alpha value is -1.52. The zero-order valence-electron chi connectivity index (χ0n) is 9.46. The average Bonchev–Trinajstić information content (AvgIpc) is 2.27. The number of hydrogen-bond donors (Lipinski definition) is 2. The van der Waals surface area contributed by atoms with Crippen LogP contribution in [0.4, 0.5) is 13.2 Å². The van der Waals surface area contributed by atoms with Crippen molar-refractivity contribution in [2.24, 2.45) is 0 Å². The molecule has 1 aromatic heterocycles. The lowest BCUT2D eigenvalue weighted by atomic mass is 10.2. The van der Waals surface area contributed by atoms with Gasteiger partial charge in [-0.15, -0.1) is 12.6 Å². The lowest BCUT2D eigenvalue weighted by Gasteiger charge is -1.97. The second-order valence-corrected chi connectivity index (χ2v) is 5.26. The fraction of sp³-hybridized carbons (Fsp3) is 0.100. The van der Waals surface area contributed by atoms with Crippen molar-refractivity contribution in [1.82, 2.24) is 0 Å². The molecular formula is C10H7F3O5S2. The number of halogens is 3. The molecule has 2 aromatic rings. The summed E-state index contributed by atoms with van der Waals surface area (Å²) in [5.41, 5.74) is -5.29. The van der Waals surface area contributed by atoms with E-state index >= 15 is 0 Å². The quantitative estimate of drug-likeness (QED) is 0.336. The molecule has 2 rings (SSSR count). The molecule has 0 spiro atoms. The predicted molar refractivity (Wildman–Crippen MR) is 67.3 cm³/mol. The number of hydrogen-bond acceptors (Lipinski definition) is 5. The van der Waals surface area contributed by atoms with E-state index in [4.69, 9.17) is 17.4 Å². The Kier molecular flexibility index (Phi) is 4.84. The Morgan fingerprint density at radius 3 is 2.20 bits per heavy atom. The van der Waals surface area contributed by atoms with Crippen LogP contribution in [0.1, 0.15) is 0 Å². The Bertz CT molecular complexity index is 764. The monoisotopic (exact) mass is 328 g/mol. The van der Waals surface area contributed by atoms with Crippen LogP contribution in [0.15, 0.2) is 44.4 Å². The third-order valence-corrected chi connectivity index (χ3v) is 2.91. The third kappa shape index (κ3) is 4.25. The molecule has 20 heavy (non-hydrogen) atoms. The van der Waals surface area contributed by atoms with Crippen molar-refractivity contribution >= 4 is 33.7 Å². The topological polar surface area (TPSA) is 84.6 Å². The van der Waals surface area contributed by atoms with Gasteiger partial charge in [0, 0.05) is 16.3 Å². The van der Waals surface area contributed by atoms with Crippen LogP contribution in [-0.4, -0.2) is 18.5 Å². The van der Waals surface area contributed by atoms with Gasteiger partial charge in [-0.1, -0.05) is 6.07 Å². The van der Waals surface area contributed by atoms with Gasteiger partial charge in [-0.2, -0.15) is 21.6 Å². The highest BCUT2D eigenvalue weighted by Crippen LogP contribution is 2.20. The number of thiol groups is 1. The first-order valence-electron chi connectivity index (χ1n) is 4.78. The maximum Gasteiger partial charge on any atom is 0.522 e. The molecule has 0 aliphatic rings. The highest BCUT2D eigenvalue weighted by atomic mass is 32.2. The molecule has 0 aliphatic carbocycles.